The normalized spacial score (nSPS) is 10.9. The summed E-state index contributed by atoms with van der Waals surface area (Å²) in [6.45, 7) is 0. The van der Waals surface area contributed by atoms with Crippen LogP contribution in [0.2, 0.25) is 0 Å². The maximum Gasteiger partial charge on any atom is 0.255 e. The number of nitrogens with zero attached hydrogens (tertiary/aromatic N) is 4. The first kappa shape index (κ1) is 10.2. The summed E-state index contributed by atoms with van der Waals surface area (Å²) >= 11 is 3.40. The van der Waals surface area contributed by atoms with E-state index in [0.717, 1.165) is 10.0 Å². The third-order valence-electron chi connectivity index (χ3n) is 2.48. The fraction of sp³-hybridized carbons (Fsp3) is 0. The lowest BCUT2D eigenvalue weighted by Crippen LogP contribution is -1.95. The molecule has 0 fully saturated rings. The molecular weight excluding hydrogens is 282 g/mol. The quantitative estimate of drug-likeness (QED) is 0.697. The van der Waals surface area contributed by atoms with Gasteiger partial charge < -0.3 is 5.73 Å². The van der Waals surface area contributed by atoms with Crippen LogP contribution >= 0.6 is 15.9 Å². The van der Waals surface area contributed by atoms with Gasteiger partial charge in [0.05, 0.1) is 5.69 Å². The zero-order chi connectivity index (χ0) is 11.8. The second-order valence-corrected chi connectivity index (χ2v) is 4.37. The van der Waals surface area contributed by atoms with Crippen molar-refractivity contribution in [2.24, 2.45) is 0 Å². The molecule has 0 aliphatic heterocycles. The summed E-state index contributed by atoms with van der Waals surface area (Å²) < 4.78 is 2.65. The number of hydrogen-bond donors (Lipinski definition) is 1. The van der Waals surface area contributed by atoms with Crippen molar-refractivity contribution in [2.75, 3.05) is 5.73 Å². The van der Waals surface area contributed by atoms with E-state index in [1.165, 1.54) is 0 Å². The largest absolute Gasteiger partial charge is 0.397 e. The zero-order valence-electron chi connectivity index (χ0n) is 8.71. The van der Waals surface area contributed by atoms with Crippen LogP contribution in [-0.4, -0.2) is 19.6 Å². The molecule has 0 bridgehead atoms. The highest BCUT2D eigenvalue weighted by Gasteiger charge is 2.12. The Morgan fingerprint density at radius 2 is 2.06 bits per heavy atom. The van der Waals surface area contributed by atoms with Gasteiger partial charge in [0.2, 0.25) is 0 Å². The number of nitrogens with two attached hydrogens (primary N) is 1. The summed E-state index contributed by atoms with van der Waals surface area (Å²) in [5.41, 5.74) is 7.49. The summed E-state index contributed by atoms with van der Waals surface area (Å²) in [6.07, 6.45) is 3.54. The van der Waals surface area contributed by atoms with Crippen LogP contribution in [0, 0.1) is 0 Å². The monoisotopic (exact) mass is 289 g/mol. The van der Waals surface area contributed by atoms with Crippen molar-refractivity contribution < 1.29 is 0 Å². The van der Waals surface area contributed by atoms with Crippen molar-refractivity contribution >= 4 is 27.4 Å². The number of hydrogen-bond acceptors (Lipinski definition) is 4. The Hall–Kier alpha value is -1.95. The van der Waals surface area contributed by atoms with Gasteiger partial charge in [-0.2, -0.15) is 0 Å². The van der Waals surface area contributed by atoms with Crippen LogP contribution in [0.15, 0.2) is 41.1 Å². The number of para-hydroxylation sites is 1. The number of rotatable bonds is 1. The van der Waals surface area contributed by atoms with Gasteiger partial charge in [-0.1, -0.05) is 6.07 Å². The standard InChI is InChI=1S/C11H8BrN5/c12-8-4-1-3-7(9(8)13)10-15-16-11-14-5-2-6-17(10)11/h1-6H,13H2. The summed E-state index contributed by atoms with van der Waals surface area (Å²) in [6, 6.07) is 7.53. The third kappa shape index (κ3) is 1.57. The Labute approximate surface area is 105 Å². The molecule has 0 unspecified atom stereocenters. The average Bonchev–Trinajstić information content (AvgIpc) is 2.77. The van der Waals surface area contributed by atoms with Crippen LogP contribution in [0.25, 0.3) is 17.2 Å². The van der Waals surface area contributed by atoms with Crippen molar-refractivity contribution in [1.29, 1.82) is 0 Å². The van der Waals surface area contributed by atoms with Gasteiger partial charge in [-0.05, 0) is 34.1 Å². The first-order valence-corrected chi connectivity index (χ1v) is 5.77. The molecule has 0 atom stereocenters. The summed E-state index contributed by atoms with van der Waals surface area (Å²) in [7, 11) is 0. The van der Waals surface area contributed by atoms with E-state index in [1.54, 1.807) is 10.6 Å². The maximum atomic E-state index is 6.02. The molecule has 3 rings (SSSR count). The van der Waals surface area contributed by atoms with Gasteiger partial charge in [0, 0.05) is 22.4 Å². The smallest absolute Gasteiger partial charge is 0.255 e. The first-order valence-electron chi connectivity index (χ1n) is 4.97. The lowest BCUT2D eigenvalue weighted by molar-refractivity contribution is 1.10. The lowest BCUT2D eigenvalue weighted by atomic mass is 10.2. The number of aromatic nitrogens is 4. The fourth-order valence-corrected chi connectivity index (χ4v) is 2.02. The van der Waals surface area contributed by atoms with Gasteiger partial charge in [0.15, 0.2) is 5.82 Å². The molecule has 1 aromatic carbocycles. The van der Waals surface area contributed by atoms with Gasteiger partial charge in [-0.3, -0.25) is 4.40 Å². The summed E-state index contributed by atoms with van der Waals surface area (Å²) in [5, 5.41) is 8.11. The molecule has 0 aliphatic rings. The highest BCUT2D eigenvalue weighted by Crippen LogP contribution is 2.30. The molecule has 2 heterocycles. The zero-order valence-corrected chi connectivity index (χ0v) is 10.3. The number of nitrogen functional groups attached to an aromatic ring is 1. The minimum atomic E-state index is 0.557. The molecule has 6 heteroatoms. The van der Waals surface area contributed by atoms with Crippen molar-refractivity contribution in [1.82, 2.24) is 19.6 Å². The molecule has 0 radical (unpaired) electrons. The van der Waals surface area contributed by atoms with Crippen molar-refractivity contribution in [3.63, 3.8) is 0 Å². The van der Waals surface area contributed by atoms with E-state index >= 15 is 0 Å². The average molecular weight is 290 g/mol. The van der Waals surface area contributed by atoms with Crippen molar-refractivity contribution in [3.05, 3.63) is 41.1 Å². The molecule has 0 saturated heterocycles. The topological polar surface area (TPSA) is 69.1 Å². The van der Waals surface area contributed by atoms with E-state index in [0.29, 0.717) is 17.3 Å². The van der Waals surface area contributed by atoms with E-state index < -0.39 is 0 Å². The predicted octanol–water partition coefficient (Wildman–Crippen LogP) is 2.14. The van der Waals surface area contributed by atoms with Crippen LogP contribution in [0.1, 0.15) is 0 Å². The second-order valence-electron chi connectivity index (χ2n) is 3.51. The molecule has 17 heavy (non-hydrogen) atoms. The molecule has 0 amide bonds. The molecule has 0 aliphatic carbocycles. The Morgan fingerprint density at radius 1 is 1.18 bits per heavy atom. The predicted molar refractivity (Wildman–Crippen MR) is 68.3 cm³/mol. The van der Waals surface area contributed by atoms with Crippen LogP contribution < -0.4 is 5.73 Å². The van der Waals surface area contributed by atoms with Crippen LogP contribution in [0.4, 0.5) is 5.69 Å². The van der Waals surface area contributed by atoms with E-state index in [4.69, 9.17) is 5.73 Å². The Bertz CT molecular complexity index is 691. The van der Waals surface area contributed by atoms with Gasteiger partial charge in [0.1, 0.15) is 0 Å². The minimum Gasteiger partial charge on any atom is -0.397 e. The molecule has 3 aromatic rings. The van der Waals surface area contributed by atoms with Crippen molar-refractivity contribution in [2.45, 2.75) is 0 Å². The summed E-state index contributed by atoms with van der Waals surface area (Å²) in [4.78, 5) is 4.12. The van der Waals surface area contributed by atoms with E-state index in [9.17, 15) is 0 Å². The van der Waals surface area contributed by atoms with Crippen LogP contribution in [0.5, 0.6) is 0 Å². The number of benzene rings is 1. The molecule has 0 saturated carbocycles. The lowest BCUT2D eigenvalue weighted by Gasteiger charge is -2.05. The maximum absolute atomic E-state index is 6.02. The number of fused-ring (bicyclic) bond motifs is 1. The Kier molecular flexibility index (Phi) is 2.29. The molecule has 2 N–H and O–H groups in total. The van der Waals surface area contributed by atoms with E-state index in [1.807, 2.05) is 30.5 Å². The van der Waals surface area contributed by atoms with Crippen LogP contribution in [0.3, 0.4) is 0 Å². The number of anilines is 1. The van der Waals surface area contributed by atoms with Gasteiger partial charge in [0.25, 0.3) is 5.78 Å². The summed E-state index contributed by atoms with van der Waals surface area (Å²) in [5.74, 6) is 1.24. The Balaban J connectivity index is 2.31. The van der Waals surface area contributed by atoms with Gasteiger partial charge >= 0.3 is 0 Å². The molecular formula is C11H8BrN5. The SMILES string of the molecule is Nc1c(Br)cccc1-c1nnc2ncccn12. The third-order valence-corrected chi connectivity index (χ3v) is 3.17. The molecule has 2 aromatic heterocycles. The highest BCUT2D eigenvalue weighted by atomic mass is 79.9. The second kappa shape index (κ2) is 3.81. The van der Waals surface area contributed by atoms with Gasteiger partial charge in [-0.25, -0.2) is 4.98 Å². The highest BCUT2D eigenvalue weighted by molar-refractivity contribution is 9.10. The van der Waals surface area contributed by atoms with E-state index in [-0.39, 0.29) is 0 Å². The van der Waals surface area contributed by atoms with E-state index in [2.05, 4.69) is 31.1 Å². The fourth-order valence-electron chi connectivity index (χ4n) is 1.66. The van der Waals surface area contributed by atoms with Gasteiger partial charge in [-0.15, -0.1) is 10.2 Å². The van der Waals surface area contributed by atoms with Crippen LogP contribution in [-0.2, 0) is 0 Å². The molecule has 5 nitrogen and oxygen atoms in total. The Morgan fingerprint density at radius 3 is 2.94 bits per heavy atom. The number of halogens is 1. The first-order chi connectivity index (χ1) is 8.27. The van der Waals surface area contributed by atoms with Crippen molar-refractivity contribution in [3.8, 4) is 11.4 Å². The molecule has 0 spiro atoms. The molecule has 84 valence electrons. The minimum absolute atomic E-state index is 0.557.